The number of rotatable bonds is 4. The molecule has 1 unspecified atom stereocenters. The molecule has 18 heavy (non-hydrogen) atoms. The lowest BCUT2D eigenvalue weighted by molar-refractivity contribution is -0.127. The Bertz CT molecular complexity index is 323. The van der Waals surface area contributed by atoms with Gasteiger partial charge in [0.05, 0.1) is 0 Å². The van der Waals surface area contributed by atoms with Gasteiger partial charge in [0.1, 0.15) is 5.41 Å². The molecule has 0 saturated carbocycles. The van der Waals surface area contributed by atoms with Crippen molar-refractivity contribution in [2.45, 2.75) is 39.7 Å². The van der Waals surface area contributed by atoms with E-state index < -0.39 is 5.41 Å². The zero-order chi connectivity index (χ0) is 13.8. The fourth-order valence-corrected chi connectivity index (χ4v) is 1.96. The van der Waals surface area contributed by atoms with Gasteiger partial charge in [0, 0.05) is 19.3 Å². The topological polar surface area (TPSA) is 96.9 Å². The van der Waals surface area contributed by atoms with Crippen molar-refractivity contribution >= 4 is 11.7 Å². The fraction of sp³-hybridized carbons (Fsp3) is 0.833. The lowest BCUT2D eigenvalue weighted by Gasteiger charge is -2.31. The highest BCUT2D eigenvalue weighted by Crippen LogP contribution is 2.21. The Morgan fingerprint density at radius 1 is 1.50 bits per heavy atom. The van der Waals surface area contributed by atoms with Crippen molar-refractivity contribution in [3.8, 4) is 0 Å². The minimum absolute atomic E-state index is 0.0622. The second kappa shape index (κ2) is 6.04. The summed E-state index contributed by atoms with van der Waals surface area (Å²) in [4.78, 5) is 12.1. The molecule has 1 amide bonds. The van der Waals surface area contributed by atoms with E-state index in [0.717, 1.165) is 26.1 Å². The minimum Gasteiger partial charge on any atom is -0.409 e. The second-order valence-electron chi connectivity index (χ2n) is 5.32. The monoisotopic (exact) mass is 257 g/mol. The van der Waals surface area contributed by atoms with E-state index in [0.29, 0.717) is 5.92 Å². The number of carbonyl (C=O) groups is 1. The number of hydrogen-bond acceptors (Lipinski definition) is 4. The van der Waals surface area contributed by atoms with E-state index in [-0.39, 0.29) is 17.8 Å². The number of amides is 1. The highest BCUT2D eigenvalue weighted by atomic mass is 16.5. The molecular weight excluding hydrogens is 234 g/mol. The first-order valence-corrected chi connectivity index (χ1v) is 6.26. The molecule has 1 fully saturated rings. The number of carbonyl (C=O) groups excluding carboxylic acids is 1. The Balaban J connectivity index is 2.58. The van der Waals surface area contributed by atoms with Gasteiger partial charge >= 0.3 is 0 Å². The molecule has 6 heteroatoms. The molecule has 0 aromatic rings. The Morgan fingerprint density at radius 2 is 2.06 bits per heavy atom. The maximum Gasteiger partial charge on any atom is 0.233 e. The van der Waals surface area contributed by atoms with E-state index >= 15 is 0 Å². The maximum absolute atomic E-state index is 12.1. The molecule has 1 heterocycles. The lowest BCUT2D eigenvalue weighted by Crippen LogP contribution is -2.50. The van der Waals surface area contributed by atoms with Crippen molar-refractivity contribution in [3.63, 3.8) is 0 Å². The van der Waals surface area contributed by atoms with E-state index in [9.17, 15) is 4.79 Å². The molecule has 104 valence electrons. The smallest absolute Gasteiger partial charge is 0.233 e. The molecule has 0 aromatic carbocycles. The number of oxime groups is 1. The summed E-state index contributed by atoms with van der Waals surface area (Å²) in [6.45, 7) is 6.74. The highest BCUT2D eigenvalue weighted by Gasteiger charge is 2.34. The number of hydrogen-bond donors (Lipinski definition) is 3. The third-order valence-electron chi connectivity index (χ3n) is 3.65. The van der Waals surface area contributed by atoms with E-state index in [2.05, 4.69) is 10.5 Å². The SMILES string of the molecule is CC(NC(=O)C(C)(C)C(N)=NO)C1CCOCC1. The van der Waals surface area contributed by atoms with Gasteiger partial charge in [0.15, 0.2) is 5.84 Å². The molecule has 1 rings (SSSR count). The predicted octanol–water partition coefficient (Wildman–Crippen LogP) is 0.690. The third-order valence-corrected chi connectivity index (χ3v) is 3.65. The van der Waals surface area contributed by atoms with Crippen LogP contribution in [0.3, 0.4) is 0 Å². The third kappa shape index (κ3) is 3.35. The number of nitrogens with two attached hydrogens (primary N) is 1. The van der Waals surface area contributed by atoms with E-state index in [1.165, 1.54) is 0 Å². The molecule has 4 N–H and O–H groups in total. The van der Waals surface area contributed by atoms with Gasteiger partial charge in [-0.1, -0.05) is 5.16 Å². The summed E-state index contributed by atoms with van der Waals surface area (Å²) in [5, 5.41) is 14.5. The predicted molar refractivity (Wildman–Crippen MR) is 68.3 cm³/mol. The second-order valence-corrected chi connectivity index (χ2v) is 5.32. The van der Waals surface area contributed by atoms with Crippen molar-refractivity contribution in [2.24, 2.45) is 22.2 Å². The van der Waals surface area contributed by atoms with Gasteiger partial charge < -0.3 is 21.0 Å². The van der Waals surface area contributed by atoms with Crippen molar-refractivity contribution in [2.75, 3.05) is 13.2 Å². The van der Waals surface area contributed by atoms with Crippen molar-refractivity contribution in [1.29, 1.82) is 0 Å². The van der Waals surface area contributed by atoms with Crippen molar-refractivity contribution < 1.29 is 14.7 Å². The van der Waals surface area contributed by atoms with Crippen LogP contribution in [0.2, 0.25) is 0 Å². The first-order valence-electron chi connectivity index (χ1n) is 6.26. The van der Waals surface area contributed by atoms with E-state index in [1.807, 2.05) is 6.92 Å². The van der Waals surface area contributed by atoms with Crippen LogP contribution in [0.25, 0.3) is 0 Å². The molecule has 0 aromatic heterocycles. The summed E-state index contributed by atoms with van der Waals surface area (Å²) >= 11 is 0. The van der Waals surface area contributed by atoms with Gasteiger partial charge in [-0.2, -0.15) is 0 Å². The van der Waals surface area contributed by atoms with Crippen LogP contribution in [-0.4, -0.2) is 36.2 Å². The molecule has 0 bridgehead atoms. The fourth-order valence-electron chi connectivity index (χ4n) is 1.96. The van der Waals surface area contributed by atoms with Crippen LogP contribution >= 0.6 is 0 Å². The van der Waals surface area contributed by atoms with Crippen LogP contribution < -0.4 is 11.1 Å². The summed E-state index contributed by atoms with van der Waals surface area (Å²) in [6.07, 6.45) is 1.90. The van der Waals surface area contributed by atoms with E-state index in [4.69, 9.17) is 15.7 Å². The molecule has 1 aliphatic heterocycles. The Labute approximate surface area is 108 Å². The standard InChI is InChI=1S/C12H23N3O3/c1-8(9-4-6-18-7-5-9)14-11(16)12(2,3)10(13)15-17/h8-9,17H,4-7H2,1-3H3,(H2,13,15)(H,14,16). The first-order chi connectivity index (χ1) is 8.39. The molecule has 0 radical (unpaired) electrons. The average molecular weight is 257 g/mol. The van der Waals surface area contributed by atoms with Crippen LogP contribution in [0.15, 0.2) is 5.16 Å². The van der Waals surface area contributed by atoms with Gasteiger partial charge in [0.2, 0.25) is 5.91 Å². The van der Waals surface area contributed by atoms with Crippen LogP contribution in [0.1, 0.15) is 33.6 Å². The van der Waals surface area contributed by atoms with Crippen LogP contribution in [-0.2, 0) is 9.53 Å². The average Bonchev–Trinajstić information content (AvgIpc) is 2.38. The van der Waals surface area contributed by atoms with Crippen molar-refractivity contribution in [1.82, 2.24) is 5.32 Å². The van der Waals surface area contributed by atoms with Gasteiger partial charge in [-0.25, -0.2) is 0 Å². The van der Waals surface area contributed by atoms with Crippen molar-refractivity contribution in [3.05, 3.63) is 0 Å². The number of ether oxygens (including phenoxy) is 1. The quantitative estimate of drug-likeness (QED) is 0.299. The van der Waals surface area contributed by atoms with Crippen LogP contribution in [0, 0.1) is 11.3 Å². The molecule has 1 saturated heterocycles. The van der Waals surface area contributed by atoms with Crippen LogP contribution in [0.4, 0.5) is 0 Å². The zero-order valence-corrected chi connectivity index (χ0v) is 11.3. The number of nitrogens with zero attached hydrogens (tertiary/aromatic N) is 1. The number of amidine groups is 1. The molecule has 1 aliphatic rings. The van der Waals surface area contributed by atoms with Gasteiger partial charge in [-0.3, -0.25) is 4.79 Å². The van der Waals surface area contributed by atoms with Gasteiger partial charge in [-0.05, 0) is 39.5 Å². The molecule has 6 nitrogen and oxygen atoms in total. The summed E-state index contributed by atoms with van der Waals surface area (Å²) in [5.41, 5.74) is 4.52. The van der Waals surface area contributed by atoms with Crippen LogP contribution in [0.5, 0.6) is 0 Å². The largest absolute Gasteiger partial charge is 0.409 e. The minimum atomic E-state index is -1.01. The Kier molecular flexibility index (Phi) is 4.95. The molecule has 0 aliphatic carbocycles. The summed E-state index contributed by atoms with van der Waals surface area (Å²) in [5.74, 6) is 0.113. The van der Waals surface area contributed by atoms with Gasteiger partial charge in [-0.15, -0.1) is 0 Å². The Hall–Kier alpha value is -1.30. The highest BCUT2D eigenvalue weighted by molar-refractivity contribution is 6.05. The van der Waals surface area contributed by atoms with Gasteiger partial charge in [0.25, 0.3) is 0 Å². The molecule has 1 atom stereocenters. The maximum atomic E-state index is 12.1. The molecule has 0 spiro atoms. The summed E-state index contributed by atoms with van der Waals surface area (Å²) in [6, 6.07) is 0.0622. The number of nitrogens with one attached hydrogen (secondary N) is 1. The van der Waals surface area contributed by atoms with E-state index in [1.54, 1.807) is 13.8 Å². The Morgan fingerprint density at radius 3 is 2.56 bits per heavy atom. The first kappa shape index (κ1) is 14.8. The molecular formula is C12H23N3O3. The normalized spacial score (nSPS) is 20.5. The summed E-state index contributed by atoms with van der Waals surface area (Å²) in [7, 11) is 0. The summed E-state index contributed by atoms with van der Waals surface area (Å²) < 4.78 is 5.29. The zero-order valence-electron chi connectivity index (χ0n) is 11.3. The lowest BCUT2D eigenvalue weighted by atomic mass is 9.88.